The lowest BCUT2D eigenvalue weighted by molar-refractivity contribution is 0.0697. The number of nitrogens with zero attached hydrogens (tertiary/aromatic N) is 3. The number of hydrogen-bond acceptors (Lipinski definition) is 6. The fraction of sp³-hybridized carbons (Fsp3) is 0.0286. The van der Waals surface area contributed by atoms with Crippen molar-refractivity contribution in [3.63, 3.8) is 0 Å². The molecule has 214 valence electrons. The number of para-hydroxylation sites is 1. The van der Waals surface area contributed by atoms with Crippen molar-refractivity contribution in [2.24, 2.45) is 5.10 Å². The van der Waals surface area contributed by atoms with E-state index in [9.17, 15) is 14.7 Å². The van der Waals surface area contributed by atoms with Crippen LogP contribution in [-0.4, -0.2) is 27.0 Å². The van der Waals surface area contributed by atoms with Crippen molar-refractivity contribution in [2.45, 2.75) is 6.61 Å². The quantitative estimate of drug-likeness (QED) is 0.177. The fourth-order valence-electron chi connectivity index (χ4n) is 5.07. The number of carbonyl (C=O) groups is 1. The van der Waals surface area contributed by atoms with Crippen LogP contribution < -0.4 is 10.3 Å². The number of benzene rings is 5. The minimum atomic E-state index is -0.987. The van der Waals surface area contributed by atoms with Gasteiger partial charge in [0, 0.05) is 15.4 Å². The van der Waals surface area contributed by atoms with Crippen LogP contribution in [-0.2, 0) is 6.61 Å². The van der Waals surface area contributed by atoms with Gasteiger partial charge >= 0.3 is 5.97 Å². The van der Waals surface area contributed by atoms with E-state index in [0.29, 0.717) is 33.6 Å². The van der Waals surface area contributed by atoms with E-state index in [-0.39, 0.29) is 23.6 Å². The highest BCUT2D eigenvalue weighted by Crippen LogP contribution is 2.30. The van der Waals surface area contributed by atoms with E-state index in [0.717, 1.165) is 26.2 Å². The van der Waals surface area contributed by atoms with Gasteiger partial charge in [-0.05, 0) is 70.9 Å². The number of halogens is 1. The van der Waals surface area contributed by atoms with Crippen molar-refractivity contribution in [1.82, 2.24) is 9.66 Å². The Hall–Kier alpha value is -5.54. The average molecular weight is 644 g/mol. The summed E-state index contributed by atoms with van der Waals surface area (Å²) in [6.07, 6.45) is 1.60. The zero-order valence-electron chi connectivity index (χ0n) is 23.0. The highest BCUT2D eigenvalue weighted by molar-refractivity contribution is 9.10. The molecule has 0 aliphatic heterocycles. The second kappa shape index (κ2) is 11.3. The number of rotatable bonds is 7. The molecule has 0 unspecified atom stereocenters. The van der Waals surface area contributed by atoms with Gasteiger partial charge < -0.3 is 14.3 Å². The number of aromatic nitrogens is 2. The highest BCUT2D eigenvalue weighted by atomic mass is 79.9. The maximum Gasteiger partial charge on any atom is 0.335 e. The van der Waals surface area contributed by atoms with Gasteiger partial charge in [0.2, 0.25) is 5.82 Å². The molecule has 7 aromatic rings. The molecule has 1 N–H and O–H groups in total. The van der Waals surface area contributed by atoms with Crippen molar-refractivity contribution >= 4 is 60.8 Å². The third-order valence-corrected chi connectivity index (χ3v) is 7.77. The normalized spacial score (nSPS) is 11.6. The van der Waals surface area contributed by atoms with E-state index in [1.165, 1.54) is 4.68 Å². The molecular formula is C35H22BrN3O5. The van der Waals surface area contributed by atoms with Crippen LogP contribution in [0.25, 0.3) is 44.2 Å². The van der Waals surface area contributed by atoms with Gasteiger partial charge in [-0.15, -0.1) is 0 Å². The summed E-state index contributed by atoms with van der Waals surface area (Å²) in [4.78, 5) is 29.9. The van der Waals surface area contributed by atoms with Crippen molar-refractivity contribution < 1.29 is 19.1 Å². The second-order valence-corrected chi connectivity index (χ2v) is 11.0. The fourth-order valence-corrected chi connectivity index (χ4v) is 5.45. The van der Waals surface area contributed by atoms with Gasteiger partial charge in [0.25, 0.3) is 5.56 Å². The number of ether oxygens (including phenoxy) is 1. The molecule has 8 nitrogen and oxygen atoms in total. The number of furan rings is 1. The van der Waals surface area contributed by atoms with Crippen molar-refractivity contribution in [3.8, 4) is 17.3 Å². The predicted octanol–water partition coefficient (Wildman–Crippen LogP) is 7.88. The Kier molecular flexibility index (Phi) is 7.00. The minimum absolute atomic E-state index is 0.203. The van der Waals surface area contributed by atoms with Crippen LogP contribution in [0, 0.1) is 0 Å². The SMILES string of the molecule is O=C(O)c1ccc(COc2ccc3ccccc3c2C=Nn2c(-c3cc4cc(Br)ccc4o3)nc3ccccc3c2=O)cc1. The van der Waals surface area contributed by atoms with Crippen LogP contribution in [0.4, 0.5) is 0 Å². The van der Waals surface area contributed by atoms with Gasteiger partial charge in [-0.1, -0.05) is 70.5 Å². The summed E-state index contributed by atoms with van der Waals surface area (Å²) in [6, 6.07) is 32.8. The summed E-state index contributed by atoms with van der Waals surface area (Å²) in [7, 11) is 0. The topological polar surface area (TPSA) is 107 Å². The Balaban J connectivity index is 1.35. The molecule has 0 aliphatic rings. The molecular weight excluding hydrogens is 622 g/mol. The first-order chi connectivity index (χ1) is 21.4. The third kappa shape index (κ3) is 5.14. The maximum atomic E-state index is 13.8. The monoisotopic (exact) mass is 643 g/mol. The highest BCUT2D eigenvalue weighted by Gasteiger charge is 2.17. The zero-order chi connectivity index (χ0) is 30.2. The van der Waals surface area contributed by atoms with E-state index in [1.54, 1.807) is 48.7 Å². The zero-order valence-corrected chi connectivity index (χ0v) is 24.6. The summed E-state index contributed by atoms with van der Waals surface area (Å²) in [5.74, 6) is 0.223. The molecule has 0 aliphatic carbocycles. The first kappa shape index (κ1) is 27.3. The molecule has 0 radical (unpaired) electrons. The number of hydrogen-bond donors (Lipinski definition) is 1. The molecule has 0 bridgehead atoms. The van der Waals surface area contributed by atoms with Gasteiger partial charge in [0.15, 0.2) is 5.76 Å². The molecule has 44 heavy (non-hydrogen) atoms. The lowest BCUT2D eigenvalue weighted by atomic mass is 10.0. The second-order valence-electron chi connectivity index (χ2n) is 10.1. The number of carboxylic acid groups (broad SMARTS) is 1. The Morgan fingerprint density at radius 3 is 2.50 bits per heavy atom. The number of aromatic carboxylic acids is 1. The average Bonchev–Trinajstić information content (AvgIpc) is 3.47. The first-order valence-corrected chi connectivity index (χ1v) is 14.5. The molecule has 2 heterocycles. The Morgan fingerprint density at radius 2 is 1.68 bits per heavy atom. The molecule has 0 spiro atoms. The maximum absolute atomic E-state index is 13.8. The van der Waals surface area contributed by atoms with E-state index >= 15 is 0 Å². The van der Waals surface area contributed by atoms with E-state index < -0.39 is 5.97 Å². The summed E-state index contributed by atoms with van der Waals surface area (Å²) in [6.45, 7) is 0.205. The van der Waals surface area contributed by atoms with Crippen molar-refractivity contribution in [2.75, 3.05) is 0 Å². The summed E-state index contributed by atoms with van der Waals surface area (Å²) < 4.78 is 14.5. The van der Waals surface area contributed by atoms with E-state index in [4.69, 9.17) is 14.1 Å². The third-order valence-electron chi connectivity index (χ3n) is 7.28. The van der Waals surface area contributed by atoms with Crippen LogP contribution in [0.2, 0.25) is 0 Å². The van der Waals surface area contributed by atoms with E-state index in [1.807, 2.05) is 66.7 Å². The smallest absolute Gasteiger partial charge is 0.335 e. The van der Waals surface area contributed by atoms with Crippen LogP contribution in [0.1, 0.15) is 21.5 Å². The van der Waals surface area contributed by atoms with Crippen LogP contribution >= 0.6 is 15.9 Å². The number of fused-ring (bicyclic) bond motifs is 3. The predicted molar refractivity (Wildman–Crippen MR) is 174 cm³/mol. The first-order valence-electron chi connectivity index (χ1n) is 13.7. The Morgan fingerprint density at radius 1 is 0.909 bits per heavy atom. The van der Waals surface area contributed by atoms with Crippen LogP contribution in [0.15, 0.2) is 128 Å². The largest absolute Gasteiger partial charge is 0.488 e. The summed E-state index contributed by atoms with van der Waals surface area (Å²) in [5.41, 5.74) is 2.52. The lowest BCUT2D eigenvalue weighted by Crippen LogP contribution is -2.20. The Labute approximate surface area is 258 Å². The molecule has 5 aromatic carbocycles. The van der Waals surface area contributed by atoms with Gasteiger partial charge in [0.1, 0.15) is 17.9 Å². The standard InChI is InChI=1S/C35H22BrN3O5/c36-25-14-16-30-24(17-25)18-32(44-30)33-38-29-8-4-3-7-27(29)34(40)39(33)37-19-28-26-6-2-1-5-22(26)13-15-31(28)43-20-21-9-11-23(12-10-21)35(41)42/h1-19H,20H2,(H,41,42). The van der Waals surface area contributed by atoms with Gasteiger partial charge in [-0.25, -0.2) is 9.78 Å². The van der Waals surface area contributed by atoms with Crippen LogP contribution in [0.5, 0.6) is 5.75 Å². The molecule has 0 amide bonds. The summed E-state index contributed by atoms with van der Waals surface area (Å²) in [5, 5.41) is 17.0. The molecule has 0 atom stereocenters. The molecule has 2 aromatic heterocycles. The molecule has 9 heteroatoms. The molecule has 0 saturated heterocycles. The molecule has 7 rings (SSSR count). The van der Waals surface area contributed by atoms with Crippen molar-refractivity contribution in [3.05, 3.63) is 141 Å². The van der Waals surface area contributed by atoms with Crippen LogP contribution in [0.3, 0.4) is 0 Å². The molecule has 0 saturated carbocycles. The van der Waals surface area contributed by atoms with Gasteiger partial charge in [-0.3, -0.25) is 4.79 Å². The van der Waals surface area contributed by atoms with Gasteiger partial charge in [0.05, 0.1) is 22.7 Å². The minimum Gasteiger partial charge on any atom is -0.488 e. The van der Waals surface area contributed by atoms with Gasteiger partial charge in [-0.2, -0.15) is 9.78 Å². The van der Waals surface area contributed by atoms with E-state index in [2.05, 4.69) is 21.0 Å². The number of carboxylic acids is 1. The Bertz CT molecular complexity index is 2310. The summed E-state index contributed by atoms with van der Waals surface area (Å²) >= 11 is 3.50. The van der Waals surface area contributed by atoms with Crippen molar-refractivity contribution in [1.29, 1.82) is 0 Å². The lowest BCUT2D eigenvalue weighted by Gasteiger charge is -2.13. The molecule has 0 fully saturated rings.